The Morgan fingerprint density at radius 2 is 2.00 bits per heavy atom. The first kappa shape index (κ1) is 19.3. The molecule has 9 nitrogen and oxygen atoms in total. The standard InChI is InChI=1S/C21H20N6O3/c1-3-7-15-11-19(28)24-21(22-15)27-18(10-13(2)25-27)23-20(29)16-12-17(30-26-16)14-8-5-4-6-9-14/h4-6,8-12H,3,7H2,1-2H3,(H,23,29)(H,22,24,28). The molecule has 4 rings (SSSR count). The highest BCUT2D eigenvalue weighted by atomic mass is 16.5. The van der Waals surface area contributed by atoms with Crippen LogP contribution in [-0.4, -0.2) is 30.8 Å². The highest BCUT2D eigenvalue weighted by molar-refractivity contribution is 6.03. The molecule has 1 aromatic carbocycles. The lowest BCUT2D eigenvalue weighted by molar-refractivity contribution is 0.101. The Hall–Kier alpha value is -4.01. The van der Waals surface area contributed by atoms with Crippen LogP contribution in [0, 0.1) is 6.92 Å². The third kappa shape index (κ3) is 4.04. The second kappa shape index (κ2) is 8.16. The predicted molar refractivity (Wildman–Crippen MR) is 111 cm³/mol. The maximum atomic E-state index is 12.7. The molecule has 4 aromatic rings. The van der Waals surface area contributed by atoms with E-state index in [4.69, 9.17) is 4.52 Å². The minimum absolute atomic E-state index is 0.125. The van der Waals surface area contributed by atoms with Gasteiger partial charge in [-0.3, -0.25) is 14.6 Å². The van der Waals surface area contributed by atoms with Crippen molar-refractivity contribution in [3.05, 3.63) is 76.0 Å². The van der Waals surface area contributed by atoms with Gasteiger partial charge in [-0.15, -0.1) is 0 Å². The van der Waals surface area contributed by atoms with Crippen LogP contribution in [0.3, 0.4) is 0 Å². The summed E-state index contributed by atoms with van der Waals surface area (Å²) in [5.41, 5.74) is 1.97. The fraction of sp³-hybridized carbons (Fsp3) is 0.190. The summed E-state index contributed by atoms with van der Waals surface area (Å²) in [7, 11) is 0. The van der Waals surface area contributed by atoms with Crippen molar-refractivity contribution in [2.75, 3.05) is 5.32 Å². The number of aryl methyl sites for hydroxylation is 2. The van der Waals surface area contributed by atoms with E-state index in [9.17, 15) is 9.59 Å². The molecule has 0 bridgehead atoms. The summed E-state index contributed by atoms with van der Waals surface area (Å²) in [6.45, 7) is 3.79. The van der Waals surface area contributed by atoms with Crippen molar-refractivity contribution in [1.29, 1.82) is 0 Å². The number of amides is 1. The van der Waals surface area contributed by atoms with Gasteiger partial charge in [0.25, 0.3) is 11.5 Å². The number of H-pyrrole nitrogens is 1. The Morgan fingerprint density at radius 1 is 1.20 bits per heavy atom. The van der Waals surface area contributed by atoms with Crippen LogP contribution >= 0.6 is 0 Å². The van der Waals surface area contributed by atoms with Gasteiger partial charge < -0.3 is 9.84 Å². The van der Waals surface area contributed by atoms with Crippen molar-refractivity contribution >= 4 is 11.7 Å². The Balaban J connectivity index is 1.62. The molecule has 152 valence electrons. The lowest BCUT2D eigenvalue weighted by Gasteiger charge is -2.08. The Bertz CT molecular complexity index is 1240. The highest BCUT2D eigenvalue weighted by Gasteiger charge is 2.18. The molecule has 0 unspecified atom stereocenters. The normalized spacial score (nSPS) is 10.9. The number of nitrogens with one attached hydrogen (secondary N) is 2. The molecule has 0 atom stereocenters. The van der Waals surface area contributed by atoms with Crippen molar-refractivity contribution in [1.82, 2.24) is 24.9 Å². The number of hydrogen-bond donors (Lipinski definition) is 2. The van der Waals surface area contributed by atoms with Crippen LogP contribution in [0.5, 0.6) is 0 Å². The summed E-state index contributed by atoms with van der Waals surface area (Å²) in [6, 6.07) is 14.1. The van der Waals surface area contributed by atoms with E-state index >= 15 is 0 Å². The van der Waals surface area contributed by atoms with Gasteiger partial charge in [0.2, 0.25) is 5.95 Å². The molecule has 0 spiro atoms. The average Bonchev–Trinajstić information content (AvgIpc) is 3.35. The van der Waals surface area contributed by atoms with E-state index in [1.165, 1.54) is 10.7 Å². The van der Waals surface area contributed by atoms with Crippen LogP contribution in [0.25, 0.3) is 17.3 Å². The van der Waals surface area contributed by atoms with Gasteiger partial charge in [-0.25, -0.2) is 4.98 Å². The maximum Gasteiger partial charge on any atom is 0.279 e. The van der Waals surface area contributed by atoms with Gasteiger partial charge in [0, 0.05) is 29.5 Å². The summed E-state index contributed by atoms with van der Waals surface area (Å²) in [5.74, 6) is 0.621. The van der Waals surface area contributed by atoms with E-state index in [0.29, 0.717) is 29.4 Å². The summed E-state index contributed by atoms with van der Waals surface area (Å²) in [4.78, 5) is 31.8. The number of benzene rings is 1. The molecule has 0 aliphatic carbocycles. The molecule has 9 heteroatoms. The fourth-order valence-electron chi connectivity index (χ4n) is 3.03. The van der Waals surface area contributed by atoms with Gasteiger partial charge in [-0.2, -0.15) is 9.78 Å². The highest BCUT2D eigenvalue weighted by Crippen LogP contribution is 2.21. The van der Waals surface area contributed by atoms with E-state index < -0.39 is 5.91 Å². The van der Waals surface area contributed by atoms with Gasteiger partial charge in [-0.05, 0) is 13.3 Å². The Labute approximate surface area is 171 Å². The molecule has 0 fully saturated rings. The second-order valence-corrected chi connectivity index (χ2v) is 6.79. The molecule has 2 N–H and O–H groups in total. The van der Waals surface area contributed by atoms with Gasteiger partial charge >= 0.3 is 0 Å². The van der Waals surface area contributed by atoms with E-state index in [-0.39, 0.29) is 17.2 Å². The number of nitrogens with zero attached hydrogens (tertiary/aromatic N) is 4. The average molecular weight is 404 g/mol. The largest absolute Gasteiger partial charge is 0.355 e. The van der Waals surface area contributed by atoms with E-state index in [0.717, 1.165) is 12.0 Å². The van der Waals surface area contributed by atoms with Gasteiger partial charge in [0.05, 0.1) is 5.69 Å². The van der Waals surface area contributed by atoms with Crippen LogP contribution in [0.4, 0.5) is 5.82 Å². The number of rotatable bonds is 6. The molecule has 3 aromatic heterocycles. The number of hydrogen-bond acceptors (Lipinski definition) is 6. The smallest absolute Gasteiger partial charge is 0.279 e. The third-order valence-electron chi connectivity index (χ3n) is 4.36. The van der Waals surface area contributed by atoms with Crippen molar-refractivity contribution in [2.24, 2.45) is 0 Å². The van der Waals surface area contributed by atoms with Crippen molar-refractivity contribution in [3.8, 4) is 17.3 Å². The minimum atomic E-state index is -0.464. The SMILES string of the molecule is CCCc1cc(=O)[nH]c(-n2nc(C)cc2NC(=O)c2cc(-c3ccccc3)on2)n1. The molecule has 0 saturated carbocycles. The van der Waals surface area contributed by atoms with E-state index in [1.54, 1.807) is 19.1 Å². The van der Waals surface area contributed by atoms with Crippen molar-refractivity contribution in [2.45, 2.75) is 26.7 Å². The number of carbonyl (C=O) groups is 1. The van der Waals surface area contributed by atoms with Crippen molar-refractivity contribution < 1.29 is 9.32 Å². The maximum absolute atomic E-state index is 12.7. The van der Waals surface area contributed by atoms with Gasteiger partial charge in [0.1, 0.15) is 5.82 Å². The zero-order valence-electron chi connectivity index (χ0n) is 16.5. The van der Waals surface area contributed by atoms with Crippen LogP contribution in [0.2, 0.25) is 0 Å². The third-order valence-corrected chi connectivity index (χ3v) is 4.36. The quantitative estimate of drug-likeness (QED) is 0.510. The molecule has 3 heterocycles. The summed E-state index contributed by atoms with van der Waals surface area (Å²) >= 11 is 0. The second-order valence-electron chi connectivity index (χ2n) is 6.79. The van der Waals surface area contributed by atoms with Crippen LogP contribution in [0.15, 0.2) is 57.8 Å². The van der Waals surface area contributed by atoms with E-state index in [1.807, 2.05) is 37.3 Å². The molecule has 0 aliphatic rings. The van der Waals surface area contributed by atoms with Crippen LogP contribution in [0.1, 0.15) is 35.2 Å². The zero-order chi connectivity index (χ0) is 21.1. The first-order valence-electron chi connectivity index (χ1n) is 9.54. The zero-order valence-corrected chi connectivity index (χ0v) is 16.5. The van der Waals surface area contributed by atoms with Gasteiger partial charge in [-0.1, -0.05) is 48.8 Å². The molecule has 0 aliphatic heterocycles. The summed E-state index contributed by atoms with van der Waals surface area (Å²) in [6.07, 6.45) is 1.52. The Kier molecular flexibility index (Phi) is 5.25. The molecular formula is C21H20N6O3. The van der Waals surface area contributed by atoms with Gasteiger partial charge in [0.15, 0.2) is 11.5 Å². The minimum Gasteiger partial charge on any atom is -0.355 e. The van der Waals surface area contributed by atoms with Crippen molar-refractivity contribution in [3.63, 3.8) is 0 Å². The monoisotopic (exact) mass is 404 g/mol. The molecular weight excluding hydrogens is 384 g/mol. The van der Waals surface area contributed by atoms with E-state index in [2.05, 4.69) is 25.5 Å². The molecule has 0 radical (unpaired) electrons. The van der Waals surface area contributed by atoms with Crippen LogP contribution < -0.4 is 10.9 Å². The molecule has 0 saturated heterocycles. The van der Waals surface area contributed by atoms with Crippen LogP contribution in [-0.2, 0) is 6.42 Å². The molecule has 30 heavy (non-hydrogen) atoms. The summed E-state index contributed by atoms with van der Waals surface area (Å²) < 4.78 is 6.69. The topological polar surface area (TPSA) is 119 Å². The lowest BCUT2D eigenvalue weighted by Crippen LogP contribution is -2.19. The number of anilines is 1. The number of aromatic amines is 1. The summed E-state index contributed by atoms with van der Waals surface area (Å²) in [5, 5.41) is 11.0. The first-order valence-corrected chi connectivity index (χ1v) is 9.54. The first-order chi connectivity index (χ1) is 14.5. The molecule has 1 amide bonds. The Morgan fingerprint density at radius 3 is 2.77 bits per heavy atom. The lowest BCUT2D eigenvalue weighted by atomic mass is 10.1. The fourth-order valence-corrected chi connectivity index (χ4v) is 3.03. The number of aromatic nitrogens is 5. The number of carbonyl (C=O) groups excluding carboxylic acids is 1. The predicted octanol–water partition coefficient (Wildman–Crippen LogP) is 3.12.